The molecule has 0 heterocycles. The van der Waals surface area contributed by atoms with Gasteiger partial charge in [-0.1, -0.05) is 285 Å². The lowest BCUT2D eigenvalue weighted by atomic mass is 9.46. The van der Waals surface area contributed by atoms with Crippen molar-refractivity contribution in [3.63, 3.8) is 0 Å². The standard InChI is InChI=1S/C68H127O3P/c1-8-10-12-14-16-18-20-22-25-29-33-37-44-60(72-65(69)71-55-40-36-32-28-23-21-19-17-15-13-11-9-2)45-38-34-30-26-24-27-31-35-39-51-68(70)54-53-66(6)59(56-68)46-47-61-63-49-48-62(58(5)43-41-42-57(3)4)67(63,7)52-50-64(61)66/h46,57-58,60-64,70,72H,8-45,47-56H2,1-7H3/t58-,60?,61+,62-,63+,64+,66+,67-,68?/m1/s1. The topological polar surface area (TPSA) is 46.5 Å². The second kappa shape index (κ2) is 37.4. The molecule has 3 fully saturated rings. The third kappa shape index (κ3) is 23.7. The molecule has 10 atom stereocenters. The third-order valence-corrected chi connectivity index (χ3v) is 22.0. The van der Waals surface area contributed by atoms with E-state index in [2.05, 4.69) is 54.5 Å². The molecular formula is C68H127O3P. The van der Waals surface area contributed by atoms with Crippen molar-refractivity contribution in [1.29, 1.82) is 0 Å². The molecule has 4 heteroatoms. The average Bonchev–Trinajstić information content (AvgIpc) is 3.72. The van der Waals surface area contributed by atoms with Crippen LogP contribution in [0.15, 0.2) is 11.6 Å². The monoisotopic (exact) mass is 1020 g/mol. The molecule has 72 heavy (non-hydrogen) atoms. The molecule has 0 aromatic heterocycles. The maximum Gasteiger partial charge on any atom is 0.323 e. The summed E-state index contributed by atoms with van der Waals surface area (Å²) in [6, 6.07) is 0. The fourth-order valence-corrected chi connectivity index (χ4v) is 17.1. The van der Waals surface area contributed by atoms with E-state index in [9.17, 15) is 9.90 Å². The van der Waals surface area contributed by atoms with Crippen molar-refractivity contribution in [2.24, 2.45) is 46.3 Å². The van der Waals surface area contributed by atoms with Crippen molar-refractivity contribution in [3.05, 3.63) is 11.6 Å². The molecule has 3 unspecified atom stereocenters. The van der Waals surface area contributed by atoms with Gasteiger partial charge in [0.05, 0.1) is 12.2 Å². The molecule has 4 aliphatic rings. The van der Waals surface area contributed by atoms with Crippen molar-refractivity contribution in [3.8, 4) is 0 Å². The van der Waals surface area contributed by atoms with Crippen LogP contribution >= 0.6 is 8.58 Å². The highest BCUT2D eigenvalue weighted by atomic mass is 31.1. The Bertz CT molecular complexity index is 1390. The lowest BCUT2D eigenvalue weighted by molar-refractivity contribution is -0.0771. The van der Waals surface area contributed by atoms with E-state index in [1.165, 1.54) is 276 Å². The second-order valence-corrected chi connectivity index (χ2v) is 28.5. The van der Waals surface area contributed by atoms with Crippen molar-refractivity contribution in [2.75, 3.05) is 6.61 Å². The van der Waals surface area contributed by atoms with Gasteiger partial charge >= 0.3 is 5.71 Å². The molecule has 0 amide bonds. The van der Waals surface area contributed by atoms with Crippen LogP contribution in [0.2, 0.25) is 0 Å². The van der Waals surface area contributed by atoms with Crippen molar-refractivity contribution < 1.29 is 14.6 Å². The smallest absolute Gasteiger partial charge is 0.323 e. The molecule has 0 bridgehead atoms. The Kier molecular flexibility index (Phi) is 33.3. The fourth-order valence-electron chi connectivity index (χ4n) is 15.9. The van der Waals surface area contributed by atoms with Gasteiger partial charge in [-0.25, -0.2) is 4.79 Å². The Morgan fingerprint density at radius 1 is 0.569 bits per heavy atom. The summed E-state index contributed by atoms with van der Waals surface area (Å²) < 4.78 is 5.85. The number of allylic oxidation sites excluding steroid dienone is 1. The van der Waals surface area contributed by atoms with Crippen molar-refractivity contribution in [2.45, 2.75) is 362 Å². The highest BCUT2D eigenvalue weighted by Gasteiger charge is 2.60. The highest BCUT2D eigenvalue weighted by molar-refractivity contribution is 7.57. The number of aliphatic hydroxyl groups is 1. The van der Waals surface area contributed by atoms with Gasteiger partial charge in [-0.2, -0.15) is 0 Å². The molecule has 3 saturated carbocycles. The van der Waals surface area contributed by atoms with Crippen LogP contribution in [0, 0.1) is 46.3 Å². The molecule has 3 nitrogen and oxygen atoms in total. The minimum Gasteiger partial charge on any atom is -0.463 e. The summed E-state index contributed by atoms with van der Waals surface area (Å²) in [5.41, 5.74) is 2.68. The highest BCUT2D eigenvalue weighted by Crippen LogP contribution is 2.68. The Morgan fingerprint density at radius 2 is 1.06 bits per heavy atom. The van der Waals surface area contributed by atoms with Gasteiger partial charge in [-0.3, -0.25) is 0 Å². The molecule has 0 aliphatic heterocycles. The number of ether oxygens (including phenoxy) is 1. The molecular weight excluding hydrogens is 896 g/mol. The molecule has 0 aromatic carbocycles. The van der Waals surface area contributed by atoms with Crippen LogP contribution in [0.4, 0.5) is 4.79 Å². The molecule has 0 spiro atoms. The fraction of sp³-hybridized carbons (Fsp3) is 0.956. The van der Waals surface area contributed by atoms with Gasteiger partial charge in [-0.15, -0.1) is 0 Å². The molecule has 0 aromatic rings. The van der Waals surface area contributed by atoms with Gasteiger partial charge in [0.2, 0.25) is 0 Å². The van der Waals surface area contributed by atoms with Crippen LogP contribution in [-0.2, 0) is 4.74 Å². The van der Waals surface area contributed by atoms with Crippen LogP contribution in [0.25, 0.3) is 0 Å². The zero-order chi connectivity index (χ0) is 51.8. The third-order valence-electron chi connectivity index (χ3n) is 20.6. The minimum atomic E-state index is -0.473. The van der Waals surface area contributed by atoms with Gasteiger partial charge in [0.25, 0.3) is 0 Å². The lowest BCUT2D eigenvalue weighted by Crippen LogP contribution is -2.52. The maximum atomic E-state index is 13.0. The number of carbonyl (C=O) groups is 1. The Morgan fingerprint density at radius 3 is 1.57 bits per heavy atom. The zero-order valence-corrected chi connectivity index (χ0v) is 50.8. The Hall–Kier alpha value is -0.400. The maximum absolute atomic E-state index is 13.0. The van der Waals surface area contributed by atoms with E-state index in [0.717, 1.165) is 61.2 Å². The minimum absolute atomic E-state index is 0.0990. The van der Waals surface area contributed by atoms with E-state index in [-0.39, 0.29) is 5.71 Å². The molecule has 1 N–H and O–H groups in total. The molecule has 4 aliphatic carbocycles. The van der Waals surface area contributed by atoms with Crippen molar-refractivity contribution in [1.82, 2.24) is 0 Å². The van der Waals surface area contributed by atoms with Gasteiger partial charge in [0.1, 0.15) is 0 Å². The first kappa shape index (κ1) is 64.1. The van der Waals surface area contributed by atoms with E-state index in [1.54, 1.807) is 5.57 Å². The van der Waals surface area contributed by atoms with Crippen LogP contribution in [0.1, 0.15) is 350 Å². The number of hydrogen-bond donors (Lipinski definition) is 1. The Balaban J connectivity index is 1.06. The molecule has 422 valence electrons. The first-order chi connectivity index (χ1) is 35.0. The van der Waals surface area contributed by atoms with Gasteiger partial charge in [0, 0.05) is 0 Å². The van der Waals surface area contributed by atoms with Crippen LogP contribution in [0.5, 0.6) is 0 Å². The summed E-state index contributed by atoms with van der Waals surface area (Å²) in [7, 11) is 0.343. The van der Waals surface area contributed by atoms with E-state index in [0.29, 0.717) is 31.7 Å². The van der Waals surface area contributed by atoms with Crippen LogP contribution in [-0.4, -0.2) is 28.7 Å². The summed E-state index contributed by atoms with van der Waals surface area (Å²) in [6.45, 7) is 18.0. The number of unbranched alkanes of at least 4 members (excludes halogenated alkanes) is 30. The summed E-state index contributed by atoms with van der Waals surface area (Å²) in [5, 5.41) is 12.0. The van der Waals surface area contributed by atoms with E-state index in [1.807, 2.05) is 0 Å². The predicted molar refractivity (Wildman–Crippen MR) is 319 cm³/mol. The summed E-state index contributed by atoms with van der Waals surface area (Å²) in [5.74, 6) is 5.26. The van der Waals surface area contributed by atoms with Gasteiger partial charge in [0.15, 0.2) is 0 Å². The average molecular weight is 1020 g/mol. The largest absolute Gasteiger partial charge is 0.463 e. The summed E-state index contributed by atoms with van der Waals surface area (Å²) in [4.78, 5) is 13.0. The lowest BCUT2D eigenvalue weighted by Gasteiger charge is -2.59. The number of hydrogen-bond acceptors (Lipinski definition) is 3. The summed E-state index contributed by atoms with van der Waals surface area (Å²) >= 11 is 0. The van der Waals surface area contributed by atoms with Gasteiger partial charge in [-0.05, 0) is 138 Å². The second-order valence-electron chi connectivity index (χ2n) is 27.0. The van der Waals surface area contributed by atoms with Crippen molar-refractivity contribution >= 4 is 14.3 Å². The van der Waals surface area contributed by atoms with E-state index >= 15 is 0 Å². The van der Waals surface area contributed by atoms with E-state index in [4.69, 9.17) is 4.74 Å². The number of rotatable bonds is 45. The predicted octanol–water partition coefficient (Wildman–Crippen LogP) is 23.0. The Labute approximate surface area is 452 Å². The number of fused-ring (bicyclic) bond motifs is 5. The van der Waals surface area contributed by atoms with Crippen LogP contribution in [0.3, 0.4) is 0 Å². The molecule has 0 saturated heterocycles. The SMILES string of the molecule is CCCCCCCCCCCCCCOC(=O)PC(CCCCCCCCCCCCCC)CCCCCCCCCCCC1(O)CC[C@@]2(C)C(=CC[C@H]3[C@@H]4CC[C@H]([C@H](C)CCCC(C)C)[C@@]4(C)CC[C@@H]32)C1. The number of carbonyl (C=O) groups excluding carboxylic acids is 1. The summed E-state index contributed by atoms with van der Waals surface area (Å²) in [6.07, 6.45) is 65.1. The normalized spacial score (nSPS) is 27.0. The van der Waals surface area contributed by atoms with Gasteiger partial charge < -0.3 is 9.84 Å². The first-order valence-electron chi connectivity index (χ1n) is 33.3. The van der Waals surface area contributed by atoms with Crippen LogP contribution < -0.4 is 0 Å². The zero-order valence-electron chi connectivity index (χ0n) is 49.8. The van der Waals surface area contributed by atoms with E-state index < -0.39 is 5.60 Å². The quantitative estimate of drug-likeness (QED) is 0.0376. The molecule has 0 radical (unpaired) electrons. The first-order valence-corrected chi connectivity index (χ1v) is 34.4. The molecule has 4 rings (SSSR count).